The van der Waals surface area contributed by atoms with Crippen LogP contribution in [0, 0.1) is 5.92 Å². The van der Waals surface area contributed by atoms with Gasteiger partial charge in [0, 0.05) is 33.4 Å². The van der Waals surface area contributed by atoms with Crippen molar-refractivity contribution in [3.05, 3.63) is 29.8 Å². The summed E-state index contributed by atoms with van der Waals surface area (Å²) in [6, 6.07) is 8.28. The van der Waals surface area contributed by atoms with Gasteiger partial charge in [0.1, 0.15) is 0 Å². The van der Waals surface area contributed by atoms with E-state index in [2.05, 4.69) is 45.1 Å². The van der Waals surface area contributed by atoms with Crippen LogP contribution in [0.1, 0.15) is 19.4 Å². The molecule has 19 heavy (non-hydrogen) atoms. The highest BCUT2D eigenvalue weighted by atomic mass is 79.9. The van der Waals surface area contributed by atoms with Crippen molar-refractivity contribution in [2.45, 2.75) is 25.2 Å². The number of amides is 1. The first-order valence-corrected chi connectivity index (χ1v) is 7.39. The smallest absolute Gasteiger partial charge is 0.236 e. The van der Waals surface area contributed by atoms with Gasteiger partial charge in [0.05, 0.1) is 4.83 Å². The summed E-state index contributed by atoms with van der Waals surface area (Å²) in [7, 11) is 5.88. The van der Waals surface area contributed by atoms with Gasteiger partial charge in [0.15, 0.2) is 0 Å². The molecule has 4 heteroatoms. The third-order valence-corrected chi connectivity index (χ3v) is 4.52. The number of nitrogens with zero attached hydrogens (tertiary/aromatic N) is 2. The van der Waals surface area contributed by atoms with Crippen molar-refractivity contribution in [1.29, 1.82) is 0 Å². The molecular formula is C15H23BrN2O. The number of anilines is 1. The molecule has 0 spiro atoms. The van der Waals surface area contributed by atoms with Gasteiger partial charge in [-0.05, 0) is 23.6 Å². The lowest BCUT2D eigenvalue weighted by Crippen LogP contribution is -2.35. The van der Waals surface area contributed by atoms with Crippen molar-refractivity contribution in [2.24, 2.45) is 5.92 Å². The van der Waals surface area contributed by atoms with Crippen LogP contribution >= 0.6 is 15.9 Å². The number of benzene rings is 1. The maximum Gasteiger partial charge on any atom is 0.236 e. The number of carbonyl (C=O) groups is 1. The fourth-order valence-electron chi connectivity index (χ4n) is 1.75. The molecule has 3 nitrogen and oxygen atoms in total. The lowest BCUT2D eigenvalue weighted by atomic mass is 10.1. The van der Waals surface area contributed by atoms with E-state index in [0.29, 0.717) is 12.5 Å². The molecular weight excluding hydrogens is 304 g/mol. The van der Waals surface area contributed by atoms with E-state index in [1.54, 1.807) is 4.90 Å². The molecule has 1 aromatic rings. The van der Waals surface area contributed by atoms with Gasteiger partial charge in [-0.1, -0.05) is 41.9 Å². The van der Waals surface area contributed by atoms with Crippen LogP contribution in [-0.2, 0) is 11.3 Å². The van der Waals surface area contributed by atoms with Crippen molar-refractivity contribution in [1.82, 2.24) is 4.90 Å². The summed E-state index contributed by atoms with van der Waals surface area (Å²) < 4.78 is 0. The largest absolute Gasteiger partial charge is 0.378 e. The van der Waals surface area contributed by atoms with Crippen molar-refractivity contribution >= 4 is 27.5 Å². The van der Waals surface area contributed by atoms with Gasteiger partial charge in [0.25, 0.3) is 0 Å². The Bertz CT molecular complexity index is 415. The van der Waals surface area contributed by atoms with Crippen LogP contribution in [0.3, 0.4) is 0 Å². The van der Waals surface area contributed by atoms with Crippen LogP contribution in [-0.4, -0.2) is 36.8 Å². The van der Waals surface area contributed by atoms with E-state index in [1.807, 2.05) is 35.0 Å². The number of alkyl halides is 1. The molecule has 0 saturated heterocycles. The topological polar surface area (TPSA) is 23.6 Å². The summed E-state index contributed by atoms with van der Waals surface area (Å²) in [5.41, 5.74) is 2.31. The van der Waals surface area contributed by atoms with Crippen molar-refractivity contribution in [2.75, 3.05) is 26.0 Å². The fraction of sp³-hybridized carbons (Fsp3) is 0.533. The molecule has 1 aromatic carbocycles. The van der Waals surface area contributed by atoms with Crippen LogP contribution < -0.4 is 4.90 Å². The van der Waals surface area contributed by atoms with Gasteiger partial charge >= 0.3 is 0 Å². The predicted molar refractivity (Wildman–Crippen MR) is 84.8 cm³/mol. The zero-order valence-electron chi connectivity index (χ0n) is 12.4. The highest BCUT2D eigenvalue weighted by Gasteiger charge is 2.22. The Morgan fingerprint density at radius 3 is 2.11 bits per heavy atom. The Balaban J connectivity index is 2.66. The SMILES string of the molecule is CC(C)C(Br)C(=O)N(C)Cc1ccc(N(C)C)cc1. The highest BCUT2D eigenvalue weighted by Crippen LogP contribution is 2.17. The lowest BCUT2D eigenvalue weighted by molar-refractivity contribution is -0.130. The van der Waals surface area contributed by atoms with Crippen molar-refractivity contribution in [3.8, 4) is 0 Å². The van der Waals surface area contributed by atoms with Gasteiger partial charge in [-0.2, -0.15) is 0 Å². The normalized spacial score (nSPS) is 12.4. The molecule has 0 aliphatic carbocycles. The van der Waals surface area contributed by atoms with Crippen LogP contribution in [0.4, 0.5) is 5.69 Å². The molecule has 1 atom stereocenters. The van der Waals surface area contributed by atoms with Gasteiger partial charge < -0.3 is 9.80 Å². The quantitative estimate of drug-likeness (QED) is 0.776. The summed E-state index contributed by atoms with van der Waals surface area (Å²) in [6.45, 7) is 4.72. The number of halogens is 1. The third kappa shape index (κ3) is 4.53. The first kappa shape index (κ1) is 16.0. The molecule has 1 rings (SSSR count). The minimum atomic E-state index is -0.112. The molecule has 0 fully saturated rings. The van der Waals surface area contributed by atoms with E-state index in [-0.39, 0.29) is 10.7 Å². The minimum Gasteiger partial charge on any atom is -0.378 e. The average molecular weight is 327 g/mol. The molecule has 0 saturated carbocycles. The Morgan fingerprint density at radius 1 is 1.16 bits per heavy atom. The number of hydrogen-bond donors (Lipinski definition) is 0. The van der Waals surface area contributed by atoms with Crippen LogP contribution in [0.2, 0.25) is 0 Å². The summed E-state index contributed by atoms with van der Waals surface area (Å²) in [6.07, 6.45) is 0. The number of rotatable bonds is 5. The molecule has 106 valence electrons. The molecule has 0 heterocycles. The molecule has 0 bridgehead atoms. The Kier molecular flexibility index (Phi) is 5.85. The van der Waals surface area contributed by atoms with E-state index in [0.717, 1.165) is 5.56 Å². The molecule has 0 aliphatic rings. The predicted octanol–water partition coefficient (Wildman–Crippen LogP) is 3.13. The first-order chi connectivity index (χ1) is 8.82. The first-order valence-electron chi connectivity index (χ1n) is 6.48. The van der Waals surface area contributed by atoms with Gasteiger partial charge in [-0.15, -0.1) is 0 Å². The average Bonchev–Trinajstić information content (AvgIpc) is 2.37. The Labute approximate surface area is 124 Å². The van der Waals surface area contributed by atoms with Crippen molar-refractivity contribution in [3.63, 3.8) is 0 Å². The lowest BCUT2D eigenvalue weighted by Gasteiger charge is -2.23. The molecule has 0 aliphatic heterocycles. The number of hydrogen-bond acceptors (Lipinski definition) is 2. The summed E-state index contributed by atoms with van der Waals surface area (Å²) in [4.78, 5) is 15.9. The second-order valence-corrected chi connectivity index (χ2v) is 6.39. The van der Waals surface area contributed by atoms with Gasteiger partial charge in [0.2, 0.25) is 5.91 Å². The Morgan fingerprint density at radius 2 is 1.68 bits per heavy atom. The fourth-order valence-corrected chi connectivity index (χ4v) is 2.10. The maximum absolute atomic E-state index is 12.1. The molecule has 1 amide bonds. The zero-order chi connectivity index (χ0) is 14.6. The van der Waals surface area contributed by atoms with Crippen LogP contribution in [0.15, 0.2) is 24.3 Å². The van der Waals surface area contributed by atoms with Gasteiger partial charge in [-0.3, -0.25) is 4.79 Å². The van der Waals surface area contributed by atoms with E-state index >= 15 is 0 Å². The Hall–Kier alpha value is -1.03. The van der Waals surface area contributed by atoms with Crippen LogP contribution in [0.5, 0.6) is 0 Å². The standard InChI is InChI=1S/C15H23BrN2O/c1-11(2)14(16)15(19)18(5)10-12-6-8-13(9-7-12)17(3)4/h6-9,11,14H,10H2,1-5H3. The van der Waals surface area contributed by atoms with Crippen molar-refractivity contribution < 1.29 is 4.79 Å². The molecule has 1 unspecified atom stereocenters. The number of carbonyl (C=O) groups excluding carboxylic acids is 1. The van der Waals surface area contributed by atoms with E-state index in [4.69, 9.17) is 0 Å². The molecule has 0 N–H and O–H groups in total. The van der Waals surface area contributed by atoms with Gasteiger partial charge in [-0.25, -0.2) is 0 Å². The summed E-state index contributed by atoms with van der Waals surface area (Å²) in [5.74, 6) is 0.428. The second kappa shape index (κ2) is 6.94. The summed E-state index contributed by atoms with van der Waals surface area (Å²) in [5, 5.41) is 0. The highest BCUT2D eigenvalue weighted by molar-refractivity contribution is 9.10. The van der Waals surface area contributed by atoms with E-state index < -0.39 is 0 Å². The second-order valence-electron chi connectivity index (χ2n) is 5.40. The summed E-state index contributed by atoms with van der Waals surface area (Å²) >= 11 is 3.45. The van der Waals surface area contributed by atoms with Crippen LogP contribution in [0.25, 0.3) is 0 Å². The molecule has 0 aromatic heterocycles. The molecule has 0 radical (unpaired) electrons. The minimum absolute atomic E-state index is 0.112. The van der Waals surface area contributed by atoms with E-state index in [1.165, 1.54) is 5.69 Å². The zero-order valence-corrected chi connectivity index (χ0v) is 13.9. The van der Waals surface area contributed by atoms with E-state index in [9.17, 15) is 4.79 Å². The maximum atomic E-state index is 12.1. The third-order valence-electron chi connectivity index (χ3n) is 3.07. The monoisotopic (exact) mass is 326 g/mol.